The highest BCUT2D eigenvalue weighted by molar-refractivity contribution is 5.83. The minimum atomic E-state index is 0.665. The minimum Gasteiger partial charge on any atom is -0.494 e. The maximum Gasteiger partial charge on any atom is 0.119 e. The average Bonchev–Trinajstić information content (AvgIpc) is 3.29. The highest BCUT2D eigenvalue weighted by Crippen LogP contribution is 2.40. The molecular weight excluding hydrogens is 753 g/mol. The number of rotatable bonds is 13. The van der Waals surface area contributed by atoms with Crippen LogP contribution < -0.4 is 14.5 Å². The highest BCUT2D eigenvalue weighted by Gasteiger charge is 2.17. The van der Waals surface area contributed by atoms with Crippen molar-refractivity contribution in [3.8, 4) is 16.9 Å². The van der Waals surface area contributed by atoms with Gasteiger partial charge in [-0.15, -0.1) is 0 Å². The smallest absolute Gasteiger partial charge is 0.119 e. The molecule has 0 radical (unpaired) electrons. The number of ether oxygens (including phenoxy) is 1. The lowest BCUT2D eigenvalue weighted by atomic mass is 10.0. The van der Waals surface area contributed by atoms with Gasteiger partial charge in [-0.25, -0.2) is 0 Å². The van der Waals surface area contributed by atoms with Crippen LogP contribution in [0.15, 0.2) is 182 Å². The number of aryl methyl sites for hydroxylation is 5. The van der Waals surface area contributed by atoms with Crippen molar-refractivity contribution in [1.29, 1.82) is 0 Å². The van der Waals surface area contributed by atoms with Crippen molar-refractivity contribution in [3.05, 3.63) is 232 Å². The number of anilines is 6. The monoisotopic (exact) mass is 806 g/mol. The highest BCUT2D eigenvalue weighted by atomic mass is 16.5. The molecule has 3 heteroatoms. The van der Waals surface area contributed by atoms with Crippen LogP contribution in [0.2, 0.25) is 0 Å². The van der Waals surface area contributed by atoms with Gasteiger partial charge < -0.3 is 14.5 Å². The van der Waals surface area contributed by atoms with Crippen LogP contribution in [0.25, 0.3) is 35.4 Å². The molecule has 0 bridgehead atoms. The summed E-state index contributed by atoms with van der Waals surface area (Å²) in [4.78, 5) is 4.71. The van der Waals surface area contributed by atoms with Crippen LogP contribution in [-0.2, 0) is 0 Å². The van der Waals surface area contributed by atoms with E-state index in [2.05, 4.69) is 239 Å². The third-order valence-corrected chi connectivity index (χ3v) is 11.3. The molecule has 0 aliphatic heterocycles. The Kier molecular flexibility index (Phi) is 12.6. The summed E-state index contributed by atoms with van der Waals surface area (Å²) < 4.78 is 5.61. The SMILES string of the molecule is CCOc1ccc(/C=C/c2ccc(N(c3ccc(-c4ccc(N(c5ccc(/C=C/c6ccc(C)cc6)cc5)c5ccc(C)cc5C)cc4)cc3)c3ccc(C)cc3C)cc2)cc1. The third-order valence-electron chi connectivity index (χ3n) is 11.3. The van der Waals surface area contributed by atoms with E-state index in [-0.39, 0.29) is 0 Å². The molecule has 0 aromatic heterocycles. The van der Waals surface area contributed by atoms with Gasteiger partial charge >= 0.3 is 0 Å². The van der Waals surface area contributed by atoms with Crippen LogP contribution in [0, 0.1) is 34.6 Å². The summed E-state index contributed by atoms with van der Waals surface area (Å²) in [6, 6.07) is 65.7. The maximum absolute atomic E-state index is 5.61. The molecule has 0 aliphatic rings. The lowest BCUT2D eigenvalue weighted by Gasteiger charge is -2.28. The predicted octanol–water partition coefficient (Wildman–Crippen LogP) is 16.6. The van der Waals surface area contributed by atoms with Gasteiger partial charge in [-0.2, -0.15) is 0 Å². The molecule has 0 unspecified atom stereocenters. The zero-order chi connectivity index (χ0) is 43.0. The molecule has 8 aromatic carbocycles. The Balaban J connectivity index is 1.05. The van der Waals surface area contributed by atoms with Crippen LogP contribution in [0.4, 0.5) is 34.1 Å². The summed E-state index contributed by atoms with van der Waals surface area (Å²) in [6.45, 7) is 13.5. The van der Waals surface area contributed by atoms with E-state index >= 15 is 0 Å². The van der Waals surface area contributed by atoms with Gasteiger partial charge in [0.2, 0.25) is 0 Å². The van der Waals surface area contributed by atoms with Gasteiger partial charge in [-0.05, 0) is 159 Å². The Morgan fingerprint density at radius 3 is 1.00 bits per heavy atom. The van der Waals surface area contributed by atoms with Gasteiger partial charge in [0.15, 0.2) is 0 Å². The first-order valence-electron chi connectivity index (χ1n) is 21.5. The van der Waals surface area contributed by atoms with E-state index in [1.165, 1.54) is 50.2 Å². The number of hydrogen-bond acceptors (Lipinski definition) is 3. The standard InChI is InChI=1S/C59H54N2O/c1-7-62-57-36-22-50(23-37-57)17-16-49-20-30-54(31-21-49)61(59-39-11-44(4)41-46(59)6)56-34-26-52(27-35-56)51-24-32-55(33-25-51)60(58-38-10-43(3)40-45(58)5)53-28-18-48(19-29-53)15-14-47-12-8-42(2)9-13-47/h8-41H,7H2,1-6H3/b15-14+,17-16+. The Morgan fingerprint density at radius 1 is 0.355 bits per heavy atom. The molecule has 8 aromatic rings. The van der Waals surface area contributed by atoms with Crippen LogP contribution >= 0.6 is 0 Å². The van der Waals surface area contributed by atoms with Crippen molar-refractivity contribution in [1.82, 2.24) is 0 Å². The molecule has 0 saturated heterocycles. The van der Waals surface area contributed by atoms with Gasteiger partial charge in [0.05, 0.1) is 6.61 Å². The quantitative estimate of drug-likeness (QED) is 0.108. The van der Waals surface area contributed by atoms with Crippen molar-refractivity contribution < 1.29 is 4.74 Å². The second-order valence-electron chi connectivity index (χ2n) is 16.1. The summed E-state index contributed by atoms with van der Waals surface area (Å²) in [6.07, 6.45) is 8.65. The Morgan fingerprint density at radius 2 is 0.661 bits per heavy atom. The maximum atomic E-state index is 5.61. The van der Waals surface area contributed by atoms with Gasteiger partial charge in [0.25, 0.3) is 0 Å². The lowest BCUT2D eigenvalue weighted by Crippen LogP contribution is -2.11. The Hall–Kier alpha value is -7.36. The fraction of sp³-hybridized carbons (Fsp3) is 0.119. The summed E-state index contributed by atoms with van der Waals surface area (Å²) in [5.41, 5.74) is 20.0. The molecule has 8 rings (SSSR count). The zero-order valence-corrected chi connectivity index (χ0v) is 36.6. The summed E-state index contributed by atoms with van der Waals surface area (Å²) in [5, 5.41) is 0. The molecule has 0 N–H and O–H groups in total. The molecule has 0 fully saturated rings. The van der Waals surface area contributed by atoms with Crippen molar-refractivity contribution in [3.63, 3.8) is 0 Å². The van der Waals surface area contributed by atoms with E-state index in [1.54, 1.807) is 0 Å². The van der Waals surface area contributed by atoms with E-state index in [0.717, 1.165) is 50.9 Å². The molecule has 0 saturated carbocycles. The minimum absolute atomic E-state index is 0.665. The summed E-state index contributed by atoms with van der Waals surface area (Å²) in [5.74, 6) is 0.892. The van der Waals surface area contributed by atoms with Crippen LogP contribution in [0.5, 0.6) is 5.75 Å². The second kappa shape index (κ2) is 18.9. The Labute approximate surface area is 368 Å². The molecule has 0 spiro atoms. The molecule has 3 nitrogen and oxygen atoms in total. The lowest BCUT2D eigenvalue weighted by molar-refractivity contribution is 0.340. The first-order valence-corrected chi connectivity index (χ1v) is 21.5. The first-order chi connectivity index (χ1) is 30.2. The van der Waals surface area contributed by atoms with E-state index in [0.29, 0.717) is 6.61 Å². The van der Waals surface area contributed by atoms with Crippen molar-refractivity contribution in [2.75, 3.05) is 16.4 Å². The summed E-state index contributed by atoms with van der Waals surface area (Å²) >= 11 is 0. The summed E-state index contributed by atoms with van der Waals surface area (Å²) in [7, 11) is 0. The van der Waals surface area contributed by atoms with Crippen LogP contribution in [-0.4, -0.2) is 6.61 Å². The second-order valence-corrected chi connectivity index (χ2v) is 16.1. The van der Waals surface area contributed by atoms with Crippen molar-refractivity contribution in [2.24, 2.45) is 0 Å². The largest absolute Gasteiger partial charge is 0.494 e. The van der Waals surface area contributed by atoms with Gasteiger partial charge in [-0.3, -0.25) is 0 Å². The fourth-order valence-corrected chi connectivity index (χ4v) is 7.95. The van der Waals surface area contributed by atoms with Gasteiger partial charge in [0.1, 0.15) is 5.75 Å². The number of nitrogens with zero attached hydrogens (tertiary/aromatic N) is 2. The molecule has 0 amide bonds. The Bertz CT molecular complexity index is 2800. The van der Waals surface area contributed by atoms with Crippen LogP contribution in [0.1, 0.15) is 57.0 Å². The molecular formula is C59H54N2O. The van der Waals surface area contributed by atoms with E-state index < -0.39 is 0 Å². The average molecular weight is 807 g/mol. The number of hydrogen-bond donors (Lipinski definition) is 0. The normalized spacial score (nSPS) is 11.3. The number of benzene rings is 8. The van der Waals surface area contributed by atoms with Crippen molar-refractivity contribution in [2.45, 2.75) is 41.5 Å². The predicted molar refractivity (Wildman–Crippen MR) is 267 cm³/mol. The van der Waals surface area contributed by atoms with E-state index in [1.807, 2.05) is 19.1 Å². The molecule has 306 valence electrons. The molecule has 0 heterocycles. The van der Waals surface area contributed by atoms with Gasteiger partial charge in [-0.1, -0.05) is 150 Å². The molecule has 62 heavy (non-hydrogen) atoms. The third kappa shape index (κ3) is 9.81. The van der Waals surface area contributed by atoms with E-state index in [4.69, 9.17) is 4.74 Å². The molecule has 0 atom stereocenters. The fourth-order valence-electron chi connectivity index (χ4n) is 7.95. The first kappa shape index (κ1) is 41.4. The topological polar surface area (TPSA) is 15.7 Å². The van der Waals surface area contributed by atoms with Crippen LogP contribution in [0.3, 0.4) is 0 Å². The van der Waals surface area contributed by atoms with E-state index in [9.17, 15) is 0 Å². The van der Waals surface area contributed by atoms with Crippen molar-refractivity contribution >= 4 is 58.4 Å². The van der Waals surface area contributed by atoms with Gasteiger partial charge in [0, 0.05) is 34.1 Å². The molecule has 0 aliphatic carbocycles. The zero-order valence-electron chi connectivity index (χ0n) is 36.6.